The fourth-order valence-corrected chi connectivity index (χ4v) is 1.52. The van der Waals surface area contributed by atoms with Gasteiger partial charge >= 0.3 is 5.97 Å². The summed E-state index contributed by atoms with van der Waals surface area (Å²) in [5.41, 5.74) is 5.33. The van der Waals surface area contributed by atoms with Gasteiger partial charge in [0.25, 0.3) is 0 Å². The van der Waals surface area contributed by atoms with Crippen molar-refractivity contribution in [1.82, 2.24) is 5.32 Å². The van der Waals surface area contributed by atoms with Crippen LogP contribution in [0.2, 0.25) is 0 Å². The largest absolute Gasteiger partial charge is 0.460 e. The van der Waals surface area contributed by atoms with Crippen LogP contribution in [0, 0.1) is 5.92 Å². The average molecular weight is 285 g/mol. The van der Waals surface area contributed by atoms with Crippen LogP contribution in [-0.4, -0.2) is 30.6 Å². The van der Waals surface area contributed by atoms with Crippen LogP contribution in [0.15, 0.2) is 4.99 Å². The molecule has 0 spiro atoms. The highest BCUT2D eigenvalue weighted by Crippen LogP contribution is 2.10. The molecule has 0 atom stereocenters. The SMILES string of the molecule is CC(C)CN=C(N)NCCCCCC(=O)OC(C)(C)C. The minimum atomic E-state index is -0.389. The predicted octanol–water partition coefficient (Wildman–Crippen LogP) is 2.45. The third kappa shape index (κ3) is 13.2. The molecule has 0 unspecified atom stereocenters. The fraction of sp³-hybridized carbons (Fsp3) is 0.867. The molecule has 0 aliphatic heterocycles. The van der Waals surface area contributed by atoms with Gasteiger partial charge in [0.2, 0.25) is 0 Å². The van der Waals surface area contributed by atoms with Crippen molar-refractivity contribution < 1.29 is 9.53 Å². The standard InChI is InChI=1S/C15H31N3O2/c1-12(2)11-18-14(16)17-10-8-6-7-9-13(19)20-15(3,4)5/h12H,6-11H2,1-5H3,(H3,16,17,18). The van der Waals surface area contributed by atoms with Gasteiger partial charge in [0.15, 0.2) is 5.96 Å². The molecule has 5 heteroatoms. The van der Waals surface area contributed by atoms with E-state index in [0.29, 0.717) is 18.3 Å². The molecule has 0 saturated carbocycles. The van der Waals surface area contributed by atoms with Gasteiger partial charge in [-0.3, -0.25) is 9.79 Å². The molecule has 0 aromatic heterocycles. The van der Waals surface area contributed by atoms with E-state index in [-0.39, 0.29) is 11.6 Å². The van der Waals surface area contributed by atoms with Crippen molar-refractivity contribution in [2.75, 3.05) is 13.1 Å². The topological polar surface area (TPSA) is 76.7 Å². The normalized spacial score (nSPS) is 12.6. The molecule has 5 nitrogen and oxygen atoms in total. The van der Waals surface area contributed by atoms with Crippen LogP contribution in [0.3, 0.4) is 0 Å². The van der Waals surface area contributed by atoms with Gasteiger partial charge in [0, 0.05) is 19.5 Å². The molecule has 0 radical (unpaired) electrons. The van der Waals surface area contributed by atoms with E-state index in [1.807, 2.05) is 20.8 Å². The van der Waals surface area contributed by atoms with Gasteiger partial charge in [-0.15, -0.1) is 0 Å². The van der Waals surface area contributed by atoms with Crippen LogP contribution < -0.4 is 11.1 Å². The molecule has 0 heterocycles. The average Bonchev–Trinajstić information content (AvgIpc) is 2.28. The fourth-order valence-electron chi connectivity index (χ4n) is 1.52. The number of carbonyl (C=O) groups is 1. The highest BCUT2D eigenvalue weighted by Gasteiger charge is 2.15. The highest BCUT2D eigenvalue weighted by atomic mass is 16.6. The first-order chi connectivity index (χ1) is 9.20. The third-order valence-electron chi connectivity index (χ3n) is 2.41. The number of esters is 1. The lowest BCUT2D eigenvalue weighted by atomic mass is 10.1. The summed E-state index contributed by atoms with van der Waals surface area (Å²) >= 11 is 0. The maximum absolute atomic E-state index is 11.5. The molecule has 0 rings (SSSR count). The molecule has 0 aromatic carbocycles. The summed E-state index contributed by atoms with van der Waals surface area (Å²) in [7, 11) is 0. The lowest BCUT2D eigenvalue weighted by Crippen LogP contribution is -2.32. The minimum absolute atomic E-state index is 0.122. The number of carbonyl (C=O) groups excluding carboxylic acids is 1. The molecule has 0 amide bonds. The molecule has 0 aromatic rings. The number of nitrogens with one attached hydrogen (secondary N) is 1. The number of hydrogen-bond donors (Lipinski definition) is 2. The van der Waals surface area contributed by atoms with Crippen molar-refractivity contribution in [3.05, 3.63) is 0 Å². The first-order valence-electron chi connectivity index (χ1n) is 7.46. The Kier molecular flexibility index (Phi) is 9.01. The molecular formula is C15H31N3O2. The second kappa shape index (κ2) is 9.61. The van der Waals surface area contributed by atoms with Gasteiger partial charge in [0.1, 0.15) is 5.60 Å². The second-order valence-corrected chi connectivity index (χ2v) is 6.44. The Balaban J connectivity index is 3.54. The highest BCUT2D eigenvalue weighted by molar-refractivity contribution is 5.77. The molecule has 0 saturated heterocycles. The molecule has 20 heavy (non-hydrogen) atoms. The number of ether oxygens (including phenoxy) is 1. The Morgan fingerprint density at radius 1 is 1.25 bits per heavy atom. The lowest BCUT2D eigenvalue weighted by Gasteiger charge is -2.19. The van der Waals surface area contributed by atoms with Crippen molar-refractivity contribution in [3.8, 4) is 0 Å². The summed E-state index contributed by atoms with van der Waals surface area (Å²) in [6, 6.07) is 0. The van der Waals surface area contributed by atoms with E-state index < -0.39 is 0 Å². The first-order valence-corrected chi connectivity index (χ1v) is 7.46. The monoisotopic (exact) mass is 285 g/mol. The van der Waals surface area contributed by atoms with Crippen LogP contribution in [0.25, 0.3) is 0 Å². The van der Waals surface area contributed by atoms with Gasteiger partial charge < -0.3 is 15.8 Å². The van der Waals surface area contributed by atoms with Crippen LogP contribution in [-0.2, 0) is 9.53 Å². The molecule has 0 aliphatic carbocycles. The van der Waals surface area contributed by atoms with Gasteiger partial charge in [-0.1, -0.05) is 20.3 Å². The Labute approximate surface area is 123 Å². The van der Waals surface area contributed by atoms with E-state index in [2.05, 4.69) is 24.2 Å². The number of rotatable bonds is 8. The quantitative estimate of drug-likeness (QED) is 0.311. The minimum Gasteiger partial charge on any atom is -0.460 e. The van der Waals surface area contributed by atoms with Crippen LogP contribution in [0.4, 0.5) is 0 Å². The van der Waals surface area contributed by atoms with Crippen molar-refractivity contribution >= 4 is 11.9 Å². The summed E-state index contributed by atoms with van der Waals surface area (Å²) in [4.78, 5) is 15.7. The smallest absolute Gasteiger partial charge is 0.306 e. The number of nitrogens with zero attached hydrogens (tertiary/aromatic N) is 1. The maximum atomic E-state index is 11.5. The summed E-state index contributed by atoms with van der Waals surface area (Å²) in [5, 5.41) is 3.08. The zero-order valence-electron chi connectivity index (χ0n) is 13.7. The summed E-state index contributed by atoms with van der Waals surface area (Å²) < 4.78 is 5.24. The van der Waals surface area contributed by atoms with Gasteiger partial charge in [-0.2, -0.15) is 0 Å². The third-order valence-corrected chi connectivity index (χ3v) is 2.41. The van der Waals surface area contributed by atoms with Gasteiger partial charge in [0.05, 0.1) is 0 Å². The van der Waals surface area contributed by atoms with Crippen molar-refractivity contribution in [1.29, 1.82) is 0 Å². The van der Waals surface area contributed by atoms with Crippen molar-refractivity contribution in [2.24, 2.45) is 16.6 Å². The van der Waals surface area contributed by atoms with E-state index in [1.165, 1.54) is 0 Å². The maximum Gasteiger partial charge on any atom is 0.306 e. The number of guanidine groups is 1. The van der Waals surface area contributed by atoms with Gasteiger partial charge in [-0.05, 0) is 39.5 Å². The van der Waals surface area contributed by atoms with E-state index in [9.17, 15) is 4.79 Å². The Morgan fingerprint density at radius 3 is 2.45 bits per heavy atom. The van der Waals surface area contributed by atoms with Crippen LogP contribution >= 0.6 is 0 Å². The molecule has 0 bridgehead atoms. The van der Waals surface area contributed by atoms with E-state index >= 15 is 0 Å². The van der Waals surface area contributed by atoms with E-state index in [1.54, 1.807) is 0 Å². The molecule has 118 valence electrons. The number of aliphatic imine (C=N–C) groups is 1. The predicted molar refractivity (Wildman–Crippen MR) is 83.6 cm³/mol. The Morgan fingerprint density at radius 2 is 1.90 bits per heavy atom. The summed E-state index contributed by atoms with van der Waals surface area (Å²) in [6.07, 6.45) is 3.28. The molecular weight excluding hydrogens is 254 g/mol. The van der Waals surface area contributed by atoms with Crippen molar-refractivity contribution in [3.63, 3.8) is 0 Å². The van der Waals surface area contributed by atoms with E-state index in [4.69, 9.17) is 10.5 Å². The van der Waals surface area contributed by atoms with Gasteiger partial charge in [-0.25, -0.2) is 0 Å². The first kappa shape index (κ1) is 18.7. The summed E-state index contributed by atoms with van der Waals surface area (Å²) in [6.45, 7) is 11.4. The van der Waals surface area contributed by atoms with Crippen LogP contribution in [0.5, 0.6) is 0 Å². The molecule has 0 aliphatic rings. The lowest BCUT2D eigenvalue weighted by molar-refractivity contribution is -0.154. The van der Waals surface area contributed by atoms with Crippen molar-refractivity contribution in [2.45, 2.75) is 65.9 Å². The Bertz CT molecular complexity index is 307. The second-order valence-electron chi connectivity index (χ2n) is 6.44. The molecule has 3 N–H and O–H groups in total. The summed E-state index contributed by atoms with van der Waals surface area (Å²) in [5.74, 6) is 0.901. The number of unbranched alkanes of at least 4 members (excludes halogenated alkanes) is 2. The zero-order valence-corrected chi connectivity index (χ0v) is 13.7. The molecule has 0 fully saturated rings. The zero-order chi connectivity index (χ0) is 15.6. The Hall–Kier alpha value is -1.26. The number of hydrogen-bond acceptors (Lipinski definition) is 3. The van der Waals surface area contributed by atoms with E-state index in [0.717, 1.165) is 32.4 Å². The van der Waals surface area contributed by atoms with Crippen LogP contribution in [0.1, 0.15) is 60.3 Å². The number of nitrogens with two attached hydrogens (primary N) is 1.